The van der Waals surface area contributed by atoms with E-state index in [1.807, 2.05) is 36.4 Å². The quantitative estimate of drug-likeness (QED) is 0.115. The highest BCUT2D eigenvalue weighted by Gasteiger charge is 2.35. The molecular weight excluding hydrogens is 448 g/mol. The van der Waals surface area contributed by atoms with Gasteiger partial charge >= 0.3 is 0 Å². The van der Waals surface area contributed by atoms with Gasteiger partial charge in [-0.15, -0.1) is 0 Å². The third-order valence-corrected chi connectivity index (χ3v) is 5.87. The van der Waals surface area contributed by atoms with Crippen molar-refractivity contribution in [1.29, 1.82) is 0 Å². The fourth-order valence-corrected chi connectivity index (χ4v) is 4.23. The highest BCUT2D eigenvalue weighted by atomic mass is 16.7. The molecule has 1 heterocycles. The lowest BCUT2D eigenvalue weighted by Gasteiger charge is -2.37. The smallest absolute Gasteiger partial charge is 0.213 e. The van der Waals surface area contributed by atoms with Gasteiger partial charge in [0.15, 0.2) is 0 Å². The summed E-state index contributed by atoms with van der Waals surface area (Å²) in [6.07, 6.45) is 5.82. The monoisotopic (exact) mass is 480 g/mol. The van der Waals surface area contributed by atoms with E-state index in [1.165, 1.54) is 16.7 Å². The first-order valence-corrected chi connectivity index (χ1v) is 12.0. The van der Waals surface area contributed by atoms with Crippen molar-refractivity contribution in [3.8, 4) is 5.88 Å². The normalized spacial score (nSPS) is 11.6. The van der Waals surface area contributed by atoms with Gasteiger partial charge in [0.25, 0.3) is 0 Å². The largest absolute Gasteiger partial charge is 0.473 e. The van der Waals surface area contributed by atoms with Crippen LogP contribution in [0.3, 0.4) is 0 Å². The Kier molecular flexibility index (Phi) is 9.39. The van der Waals surface area contributed by atoms with Crippen molar-refractivity contribution in [3.63, 3.8) is 0 Å². The third kappa shape index (κ3) is 6.46. The van der Waals surface area contributed by atoms with Gasteiger partial charge in [-0.25, -0.2) is 4.98 Å². The Hall–Kier alpha value is -3.77. The zero-order chi connectivity index (χ0) is 24.9. The lowest BCUT2D eigenvalue weighted by Crippen LogP contribution is -2.44. The van der Waals surface area contributed by atoms with Crippen molar-refractivity contribution in [2.45, 2.75) is 12.1 Å². The first kappa shape index (κ1) is 25.3. The molecule has 0 bridgehead atoms. The van der Waals surface area contributed by atoms with E-state index in [9.17, 15) is 0 Å². The van der Waals surface area contributed by atoms with Crippen LogP contribution in [0.1, 0.15) is 22.3 Å². The topological polar surface area (TPSA) is 52.6 Å². The number of rotatable bonds is 13. The third-order valence-electron chi connectivity index (χ3n) is 5.87. The molecule has 36 heavy (non-hydrogen) atoms. The van der Waals surface area contributed by atoms with E-state index in [1.54, 1.807) is 13.3 Å². The van der Waals surface area contributed by atoms with E-state index < -0.39 is 5.54 Å². The van der Waals surface area contributed by atoms with Crippen molar-refractivity contribution >= 4 is 0 Å². The molecule has 0 saturated carbocycles. The number of benzene rings is 3. The number of ether oxygens (including phenoxy) is 3. The fourth-order valence-electron chi connectivity index (χ4n) is 4.23. The molecule has 0 unspecified atom stereocenters. The van der Waals surface area contributed by atoms with Crippen LogP contribution in [0, 0.1) is 0 Å². The summed E-state index contributed by atoms with van der Waals surface area (Å²) in [7, 11) is 1.60. The Morgan fingerprint density at radius 3 is 1.92 bits per heavy atom. The molecule has 0 aliphatic rings. The van der Waals surface area contributed by atoms with Gasteiger partial charge in [0.1, 0.15) is 13.4 Å². The molecule has 0 saturated heterocycles. The average Bonchev–Trinajstić information content (AvgIpc) is 2.95. The lowest BCUT2D eigenvalue weighted by molar-refractivity contribution is -0.0391. The second-order valence-corrected chi connectivity index (χ2v) is 8.27. The fraction of sp³-hybridized carbons (Fsp3) is 0.194. The minimum absolute atomic E-state index is 0.255. The Morgan fingerprint density at radius 2 is 1.36 bits per heavy atom. The van der Waals surface area contributed by atoms with Crippen LogP contribution < -0.4 is 10.1 Å². The highest BCUT2D eigenvalue weighted by molar-refractivity contribution is 5.49. The molecule has 0 aliphatic heterocycles. The van der Waals surface area contributed by atoms with Gasteiger partial charge in [-0.05, 0) is 28.3 Å². The van der Waals surface area contributed by atoms with Crippen LogP contribution >= 0.6 is 0 Å². The summed E-state index contributed by atoms with van der Waals surface area (Å²) in [5.74, 6) is 0.568. The van der Waals surface area contributed by atoms with Crippen molar-refractivity contribution in [2.24, 2.45) is 0 Å². The molecule has 1 N–H and O–H groups in total. The number of pyridine rings is 1. The van der Waals surface area contributed by atoms with Gasteiger partial charge in [-0.1, -0.05) is 103 Å². The molecule has 0 aliphatic carbocycles. The average molecular weight is 481 g/mol. The van der Waals surface area contributed by atoms with E-state index in [0.29, 0.717) is 25.6 Å². The van der Waals surface area contributed by atoms with Crippen LogP contribution in [-0.2, 0) is 21.6 Å². The van der Waals surface area contributed by atoms with Gasteiger partial charge in [0.2, 0.25) is 5.88 Å². The molecule has 0 spiro atoms. The first-order valence-electron chi connectivity index (χ1n) is 12.0. The molecule has 0 radical (unpaired) electrons. The number of hydrogen-bond donors (Lipinski definition) is 1. The first-order chi connectivity index (χ1) is 17.8. The zero-order valence-corrected chi connectivity index (χ0v) is 20.5. The molecule has 3 aromatic carbocycles. The van der Waals surface area contributed by atoms with Crippen molar-refractivity contribution in [1.82, 2.24) is 10.3 Å². The Labute approximate surface area is 213 Å². The van der Waals surface area contributed by atoms with Gasteiger partial charge < -0.3 is 14.2 Å². The maximum atomic E-state index is 5.83. The molecule has 1 aromatic heterocycles. The molecular formula is C31H32N2O3. The van der Waals surface area contributed by atoms with Gasteiger partial charge in [-0.2, -0.15) is 0 Å². The van der Waals surface area contributed by atoms with Crippen LogP contribution in [0.15, 0.2) is 121 Å². The summed E-state index contributed by atoms with van der Waals surface area (Å²) in [5.41, 5.74) is 4.05. The SMILES string of the molecule is COCOCc1ccnc(OC/C=C\CNC(c2ccccc2)(c2ccccc2)c2ccccc2)c1. The Bertz CT molecular complexity index is 1100. The van der Waals surface area contributed by atoms with Crippen LogP contribution in [0.5, 0.6) is 5.88 Å². The minimum Gasteiger partial charge on any atom is -0.473 e. The predicted octanol–water partition coefficient (Wildman–Crippen LogP) is 5.72. The zero-order valence-electron chi connectivity index (χ0n) is 20.5. The maximum Gasteiger partial charge on any atom is 0.213 e. The number of nitrogens with zero attached hydrogens (tertiary/aromatic N) is 1. The molecule has 184 valence electrons. The molecule has 0 amide bonds. The number of aromatic nitrogens is 1. The molecule has 5 heteroatoms. The second kappa shape index (κ2) is 13.4. The summed E-state index contributed by atoms with van der Waals surface area (Å²) in [4.78, 5) is 4.29. The highest BCUT2D eigenvalue weighted by Crippen LogP contribution is 2.36. The van der Waals surface area contributed by atoms with E-state index in [0.717, 1.165) is 5.56 Å². The maximum absolute atomic E-state index is 5.83. The second-order valence-electron chi connectivity index (χ2n) is 8.27. The molecule has 4 rings (SSSR count). The summed E-state index contributed by atoms with van der Waals surface area (Å²) >= 11 is 0. The minimum atomic E-state index is -0.493. The summed E-state index contributed by atoms with van der Waals surface area (Å²) in [6, 6.07) is 35.5. The van der Waals surface area contributed by atoms with Crippen LogP contribution in [-0.4, -0.2) is 32.0 Å². The van der Waals surface area contributed by atoms with Gasteiger partial charge in [0.05, 0.1) is 12.1 Å². The Morgan fingerprint density at radius 1 is 0.778 bits per heavy atom. The molecule has 0 atom stereocenters. The van der Waals surface area contributed by atoms with Crippen LogP contribution in [0.4, 0.5) is 0 Å². The van der Waals surface area contributed by atoms with Gasteiger partial charge in [0, 0.05) is 25.9 Å². The summed E-state index contributed by atoms with van der Waals surface area (Å²) in [5, 5.41) is 3.83. The van der Waals surface area contributed by atoms with Crippen molar-refractivity contribution in [2.75, 3.05) is 27.1 Å². The molecule has 0 fully saturated rings. The summed E-state index contributed by atoms with van der Waals surface area (Å²) < 4.78 is 16.1. The van der Waals surface area contributed by atoms with E-state index in [2.05, 4.69) is 89.2 Å². The van der Waals surface area contributed by atoms with Crippen molar-refractivity contribution < 1.29 is 14.2 Å². The lowest BCUT2D eigenvalue weighted by atomic mass is 9.77. The van der Waals surface area contributed by atoms with Crippen LogP contribution in [0.2, 0.25) is 0 Å². The standard InChI is InChI=1S/C31H32N2O3/c1-34-25-35-24-26-19-21-32-30(23-26)36-22-12-11-20-33-31(27-13-5-2-6-14-27,28-15-7-3-8-16-28)29-17-9-4-10-18-29/h2-19,21,23,33H,20,22,24-25H2,1H3/b12-11-. The molecule has 4 aromatic rings. The number of hydrogen-bond acceptors (Lipinski definition) is 5. The predicted molar refractivity (Wildman–Crippen MR) is 143 cm³/mol. The van der Waals surface area contributed by atoms with E-state index in [4.69, 9.17) is 14.2 Å². The summed E-state index contributed by atoms with van der Waals surface area (Å²) in [6.45, 7) is 1.78. The Balaban J connectivity index is 1.47. The van der Waals surface area contributed by atoms with Crippen molar-refractivity contribution in [3.05, 3.63) is 144 Å². The molecule has 5 nitrogen and oxygen atoms in total. The van der Waals surface area contributed by atoms with E-state index >= 15 is 0 Å². The van der Waals surface area contributed by atoms with E-state index in [-0.39, 0.29) is 6.79 Å². The number of nitrogens with one attached hydrogen (secondary N) is 1. The van der Waals surface area contributed by atoms with Crippen LogP contribution in [0.25, 0.3) is 0 Å². The van der Waals surface area contributed by atoms with Gasteiger partial charge in [-0.3, -0.25) is 5.32 Å². The number of methoxy groups -OCH3 is 1.